The first-order chi connectivity index (χ1) is 13.0. The van der Waals surface area contributed by atoms with E-state index < -0.39 is 5.91 Å². The van der Waals surface area contributed by atoms with E-state index in [1.54, 1.807) is 18.2 Å². The van der Waals surface area contributed by atoms with Crippen molar-refractivity contribution in [3.8, 4) is 29.9 Å². The van der Waals surface area contributed by atoms with Crippen LogP contribution in [0.5, 0.6) is 11.5 Å². The molecule has 0 heterocycles. The van der Waals surface area contributed by atoms with E-state index in [4.69, 9.17) is 15.9 Å². The molecule has 2 aromatic carbocycles. The smallest absolute Gasteiger partial charge is 0.266 e. The van der Waals surface area contributed by atoms with E-state index in [1.807, 2.05) is 38.1 Å². The highest BCUT2D eigenvalue weighted by atomic mass is 16.5. The third-order valence-electron chi connectivity index (χ3n) is 3.84. The van der Waals surface area contributed by atoms with Crippen molar-refractivity contribution in [3.63, 3.8) is 0 Å². The Morgan fingerprint density at radius 3 is 2.70 bits per heavy atom. The van der Waals surface area contributed by atoms with Gasteiger partial charge in [-0.2, -0.15) is 5.26 Å². The van der Waals surface area contributed by atoms with Crippen LogP contribution in [0.2, 0.25) is 0 Å². The minimum absolute atomic E-state index is 0.0494. The second-order valence-corrected chi connectivity index (χ2v) is 5.84. The van der Waals surface area contributed by atoms with Crippen LogP contribution in [0.25, 0.3) is 6.08 Å². The first-order valence-electron chi connectivity index (χ1n) is 8.23. The predicted molar refractivity (Wildman–Crippen MR) is 105 cm³/mol. The number of methoxy groups -OCH3 is 1. The Morgan fingerprint density at radius 2 is 2.04 bits per heavy atom. The van der Waals surface area contributed by atoms with Gasteiger partial charge in [0.05, 0.1) is 7.11 Å². The Hall–Kier alpha value is -3.70. The average molecular weight is 360 g/mol. The lowest BCUT2D eigenvalue weighted by Crippen LogP contribution is -2.14. The molecule has 0 saturated carbocycles. The second kappa shape index (κ2) is 9.12. The fourth-order valence-corrected chi connectivity index (χ4v) is 2.37. The number of anilines is 1. The fourth-order valence-electron chi connectivity index (χ4n) is 2.37. The molecule has 0 unspecified atom stereocenters. The van der Waals surface area contributed by atoms with Crippen molar-refractivity contribution in [1.82, 2.24) is 0 Å². The fraction of sp³-hybridized carbons (Fsp3) is 0.182. The number of carbonyl (C=O) groups is 1. The molecule has 0 aliphatic heterocycles. The number of ether oxygens (including phenoxy) is 2. The SMILES string of the molecule is C#CCOc1cc(OC)ccc1/C=C(\C#N)C(=O)Nc1cc(C)ccc1C. The molecule has 0 fully saturated rings. The molecule has 1 N–H and O–H groups in total. The van der Waals surface area contributed by atoms with E-state index in [2.05, 4.69) is 11.2 Å². The van der Waals surface area contributed by atoms with E-state index in [-0.39, 0.29) is 12.2 Å². The molecule has 0 bridgehead atoms. The normalized spacial score (nSPS) is 10.5. The van der Waals surface area contributed by atoms with Crippen LogP contribution in [0.1, 0.15) is 16.7 Å². The van der Waals surface area contributed by atoms with E-state index in [1.165, 1.54) is 13.2 Å². The highest BCUT2D eigenvalue weighted by Crippen LogP contribution is 2.27. The second-order valence-electron chi connectivity index (χ2n) is 5.84. The molecule has 0 aliphatic carbocycles. The number of nitrogens with one attached hydrogen (secondary N) is 1. The number of carbonyl (C=O) groups excluding carboxylic acids is 1. The predicted octanol–water partition coefficient (Wildman–Crippen LogP) is 3.87. The van der Waals surface area contributed by atoms with Crippen LogP contribution in [0.4, 0.5) is 5.69 Å². The molecule has 136 valence electrons. The van der Waals surface area contributed by atoms with E-state index in [0.717, 1.165) is 11.1 Å². The van der Waals surface area contributed by atoms with Gasteiger partial charge in [0.1, 0.15) is 29.7 Å². The topological polar surface area (TPSA) is 71.3 Å². The number of benzene rings is 2. The van der Waals surface area contributed by atoms with E-state index >= 15 is 0 Å². The molecule has 0 saturated heterocycles. The summed E-state index contributed by atoms with van der Waals surface area (Å²) in [6.07, 6.45) is 6.71. The Labute approximate surface area is 159 Å². The number of terminal acetylenes is 1. The minimum Gasteiger partial charge on any atom is -0.497 e. The summed E-state index contributed by atoms with van der Waals surface area (Å²) in [5.74, 6) is 2.90. The zero-order valence-corrected chi connectivity index (χ0v) is 15.5. The number of amides is 1. The summed E-state index contributed by atoms with van der Waals surface area (Å²) in [5, 5.41) is 12.2. The number of aryl methyl sites for hydroxylation is 2. The first kappa shape index (κ1) is 19.6. The summed E-state index contributed by atoms with van der Waals surface area (Å²) >= 11 is 0. The van der Waals surface area contributed by atoms with Gasteiger partial charge in [-0.3, -0.25) is 4.79 Å². The Kier molecular flexibility index (Phi) is 6.63. The van der Waals surface area contributed by atoms with E-state index in [9.17, 15) is 10.1 Å². The lowest BCUT2D eigenvalue weighted by Gasteiger charge is -2.11. The summed E-state index contributed by atoms with van der Waals surface area (Å²) in [4.78, 5) is 12.6. The molecule has 1 amide bonds. The van der Waals surface area contributed by atoms with Gasteiger partial charge in [-0.05, 0) is 49.2 Å². The largest absolute Gasteiger partial charge is 0.497 e. The molecule has 0 atom stereocenters. The summed E-state index contributed by atoms with van der Waals surface area (Å²) in [6.45, 7) is 3.88. The van der Waals surface area contributed by atoms with Gasteiger partial charge in [-0.15, -0.1) is 6.42 Å². The molecule has 0 spiro atoms. The molecule has 0 aromatic heterocycles. The molecule has 5 nitrogen and oxygen atoms in total. The minimum atomic E-state index is -0.495. The molecule has 0 aliphatic rings. The summed E-state index contributed by atoms with van der Waals surface area (Å²) in [7, 11) is 1.54. The van der Waals surface area contributed by atoms with Crippen molar-refractivity contribution in [2.24, 2.45) is 0 Å². The third kappa shape index (κ3) is 5.14. The van der Waals surface area contributed by atoms with Gasteiger partial charge in [0.2, 0.25) is 0 Å². The Balaban J connectivity index is 2.34. The third-order valence-corrected chi connectivity index (χ3v) is 3.84. The van der Waals surface area contributed by atoms with Crippen molar-refractivity contribution in [1.29, 1.82) is 5.26 Å². The summed E-state index contributed by atoms with van der Waals surface area (Å²) in [5.41, 5.74) is 3.09. The highest BCUT2D eigenvalue weighted by Gasteiger charge is 2.13. The molecule has 5 heteroatoms. The maximum absolute atomic E-state index is 12.6. The number of hydrogen-bond acceptors (Lipinski definition) is 4. The van der Waals surface area contributed by atoms with Crippen molar-refractivity contribution in [3.05, 3.63) is 58.7 Å². The van der Waals surface area contributed by atoms with Gasteiger partial charge in [0.15, 0.2) is 0 Å². The number of nitriles is 1. The van der Waals surface area contributed by atoms with Gasteiger partial charge in [0.25, 0.3) is 5.91 Å². The number of rotatable bonds is 6. The van der Waals surface area contributed by atoms with Crippen LogP contribution in [-0.2, 0) is 4.79 Å². The number of hydrogen-bond donors (Lipinski definition) is 1. The van der Waals surface area contributed by atoms with Crippen LogP contribution in [0, 0.1) is 37.5 Å². The van der Waals surface area contributed by atoms with Gasteiger partial charge in [-0.25, -0.2) is 0 Å². The first-order valence-corrected chi connectivity index (χ1v) is 8.23. The van der Waals surface area contributed by atoms with Crippen molar-refractivity contribution < 1.29 is 14.3 Å². The van der Waals surface area contributed by atoms with Crippen molar-refractivity contribution in [2.75, 3.05) is 19.0 Å². The monoisotopic (exact) mass is 360 g/mol. The maximum Gasteiger partial charge on any atom is 0.266 e. The maximum atomic E-state index is 12.6. The summed E-state index contributed by atoms with van der Waals surface area (Å²) in [6, 6.07) is 12.7. The zero-order chi connectivity index (χ0) is 19.8. The molecular formula is C22H20N2O3. The van der Waals surface area contributed by atoms with Crippen LogP contribution < -0.4 is 14.8 Å². The van der Waals surface area contributed by atoms with Crippen LogP contribution >= 0.6 is 0 Å². The lowest BCUT2D eigenvalue weighted by atomic mass is 10.1. The summed E-state index contributed by atoms with van der Waals surface area (Å²) < 4.78 is 10.7. The molecular weight excluding hydrogens is 340 g/mol. The zero-order valence-electron chi connectivity index (χ0n) is 15.5. The molecule has 2 aromatic rings. The highest BCUT2D eigenvalue weighted by molar-refractivity contribution is 6.10. The van der Waals surface area contributed by atoms with Crippen LogP contribution in [0.3, 0.4) is 0 Å². The van der Waals surface area contributed by atoms with Crippen molar-refractivity contribution in [2.45, 2.75) is 13.8 Å². The molecule has 2 rings (SSSR count). The van der Waals surface area contributed by atoms with Crippen LogP contribution in [-0.4, -0.2) is 19.6 Å². The van der Waals surface area contributed by atoms with Gasteiger partial charge >= 0.3 is 0 Å². The molecule has 27 heavy (non-hydrogen) atoms. The lowest BCUT2D eigenvalue weighted by molar-refractivity contribution is -0.112. The van der Waals surface area contributed by atoms with Crippen molar-refractivity contribution >= 4 is 17.7 Å². The number of nitrogens with zero attached hydrogens (tertiary/aromatic N) is 1. The van der Waals surface area contributed by atoms with E-state index in [0.29, 0.717) is 22.7 Å². The standard InChI is InChI=1S/C22H20N2O3/c1-5-10-27-21-13-19(26-4)9-8-17(21)12-18(14-23)22(25)24-20-11-15(2)6-7-16(20)3/h1,6-9,11-13H,10H2,2-4H3,(H,24,25)/b18-12+. The van der Waals surface area contributed by atoms with Gasteiger partial charge in [0, 0.05) is 17.3 Å². The molecule has 0 radical (unpaired) electrons. The average Bonchev–Trinajstić information content (AvgIpc) is 2.67. The quantitative estimate of drug-likeness (QED) is 0.482. The van der Waals surface area contributed by atoms with Crippen LogP contribution in [0.15, 0.2) is 42.0 Å². The Morgan fingerprint density at radius 1 is 1.26 bits per heavy atom. The van der Waals surface area contributed by atoms with Gasteiger partial charge < -0.3 is 14.8 Å². The van der Waals surface area contributed by atoms with Gasteiger partial charge in [-0.1, -0.05) is 18.1 Å². The Bertz CT molecular complexity index is 962.